The standard InChI is InChI=1S/C12H7F3N4/c13-12(14,15)9-3-4-10-17-18-11(19(10)7-9)8-2-1-5-16-6-8/h1-7H. The summed E-state index contributed by atoms with van der Waals surface area (Å²) < 4.78 is 39.4. The van der Waals surface area contributed by atoms with Crippen LogP contribution >= 0.6 is 0 Å². The van der Waals surface area contributed by atoms with E-state index in [2.05, 4.69) is 15.2 Å². The summed E-state index contributed by atoms with van der Waals surface area (Å²) in [5.74, 6) is 0.328. The Morgan fingerprint density at radius 2 is 1.89 bits per heavy atom. The molecule has 0 amide bonds. The molecule has 7 heteroatoms. The predicted molar refractivity (Wildman–Crippen MR) is 61.2 cm³/mol. The van der Waals surface area contributed by atoms with Gasteiger partial charge in [0.15, 0.2) is 11.5 Å². The zero-order chi connectivity index (χ0) is 13.5. The van der Waals surface area contributed by atoms with E-state index in [0.29, 0.717) is 17.0 Å². The maximum Gasteiger partial charge on any atom is 0.417 e. The van der Waals surface area contributed by atoms with Crippen LogP contribution in [0.4, 0.5) is 13.2 Å². The smallest absolute Gasteiger partial charge is 0.282 e. The Morgan fingerprint density at radius 1 is 1.05 bits per heavy atom. The lowest BCUT2D eigenvalue weighted by Gasteiger charge is -2.07. The molecule has 0 aliphatic carbocycles. The minimum absolute atomic E-state index is 0.328. The van der Waals surface area contributed by atoms with Crippen LogP contribution < -0.4 is 0 Å². The first-order chi connectivity index (χ1) is 9.05. The van der Waals surface area contributed by atoms with Gasteiger partial charge in [-0.15, -0.1) is 10.2 Å². The lowest BCUT2D eigenvalue weighted by Crippen LogP contribution is -2.06. The molecule has 3 rings (SSSR count). The van der Waals surface area contributed by atoms with E-state index >= 15 is 0 Å². The largest absolute Gasteiger partial charge is 0.417 e. The van der Waals surface area contributed by atoms with Gasteiger partial charge in [-0.2, -0.15) is 13.2 Å². The first-order valence-electron chi connectivity index (χ1n) is 5.38. The highest BCUT2D eigenvalue weighted by Crippen LogP contribution is 2.30. The molecule has 0 aliphatic heterocycles. The fraction of sp³-hybridized carbons (Fsp3) is 0.0833. The number of alkyl halides is 3. The number of rotatable bonds is 1. The first-order valence-corrected chi connectivity index (χ1v) is 5.38. The van der Waals surface area contributed by atoms with Gasteiger partial charge in [0.05, 0.1) is 5.56 Å². The van der Waals surface area contributed by atoms with Gasteiger partial charge in [-0.25, -0.2) is 0 Å². The Kier molecular flexibility index (Phi) is 2.48. The van der Waals surface area contributed by atoms with Crippen molar-refractivity contribution in [2.45, 2.75) is 6.18 Å². The minimum atomic E-state index is -4.40. The minimum Gasteiger partial charge on any atom is -0.282 e. The van der Waals surface area contributed by atoms with Crippen molar-refractivity contribution in [1.82, 2.24) is 19.6 Å². The van der Waals surface area contributed by atoms with E-state index in [1.54, 1.807) is 18.3 Å². The molecule has 0 N–H and O–H groups in total. The topological polar surface area (TPSA) is 43.1 Å². The first kappa shape index (κ1) is 11.6. The molecule has 0 fully saturated rings. The van der Waals surface area contributed by atoms with E-state index in [9.17, 15) is 13.2 Å². The lowest BCUT2D eigenvalue weighted by atomic mass is 10.2. The second-order valence-electron chi connectivity index (χ2n) is 3.91. The van der Waals surface area contributed by atoms with Gasteiger partial charge < -0.3 is 0 Å². The van der Waals surface area contributed by atoms with Crippen molar-refractivity contribution in [1.29, 1.82) is 0 Å². The van der Waals surface area contributed by atoms with Crippen molar-refractivity contribution >= 4 is 5.65 Å². The molecule has 0 saturated carbocycles. The average Bonchev–Trinajstić information content (AvgIpc) is 2.81. The molecule has 0 saturated heterocycles. The second-order valence-corrected chi connectivity index (χ2v) is 3.91. The molecule has 19 heavy (non-hydrogen) atoms. The number of hydrogen-bond donors (Lipinski definition) is 0. The number of aromatic nitrogens is 4. The van der Waals surface area contributed by atoms with Gasteiger partial charge in [0, 0.05) is 24.2 Å². The highest BCUT2D eigenvalue weighted by molar-refractivity contribution is 5.58. The quantitative estimate of drug-likeness (QED) is 0.678. The Morgan fingerprint density at radius 3 is 2.58 bits per heavy atom. The van der Waals surface area contributed by atoms with Gasteiger partial charge in [0.2, 0.25) is 0 Å². The van der Waals surface area contributed by atoms with Crippen molar-refractivity contribution in [3.63, 3.8) is 0 Å². The fourth-order valence-electron chi connectivity index (χ4n) is 1.75. The number of halogens is 3. The monoisotopic (exact) mass is 264 g/mol. The fourth-order valence-corrected chi connectivity index (χ4v) is 1.75. The van der Waals surface area contributed by atoms with Gasteiger partial charge in [-0.05, 0) is 24.3 Å². The highest BCUT2D eigenvalue weighted by atomic mass is 19.4. The second kappa shape index (κ2) is 4.04. The third-order valence-electron chi connectivity index (χ3n) is 2.65. The molecule has 4 nitrogen and oxygen atoms in total. The molecular formula is C12H7F3N4. The highest BCUT2D eigenvalue weighted by Gasteiger charge is 2.31. The summed E-state index contributed by atoms with van der Waals surface area (Å²) >= 11 is 0. The van der Waals surface area contributed by atoms with Gasteiger partial charge in [-0.1, -0.05) is 0 Å². The Bertz CT molecular complexity index is 719. The predicted octanol–water partition coefficient (Wildman–Crippen LogP) is 2.81. The SMILES string of the molecule is FC(F)(F)c1ccc2nnc(-c3cccnc3)n2c1. The van der Waals surface area contributed by atoms with E-state index in [-0.39, 0.29) is 0 Å². The molecule has 0 atom stereocenters. The van der Waals surface area contributed by atoms with Crippen LogP contribution in [0.25, 0.3) is 17.0 Å². The van der Waals surface area contributed by atoms with E-state index < -0.39 is 11.7 Å². The van der Waals surface area contributed by atoms with Gasteiger partial charge in [0.25, 0.3) is 0 Å². The van der Waals surface area contributed by atoms with Crippen molar-refractivity contribution < 1.29 is 13.2 Å². The van der Waals surface area contributed by atoms with E-state index in [1.165, 1.54) is 16.7 Å². The summed E-state index contributed by atoms with van der Waals surface area (Å²) in [5.41, 5.74) is 0.214. The number of hydrogen-bond acceptors (Lipinski definition) is 3. The van der Waals surface area contributed by atoms with Gasteiger partial charge in [0.1, 0.15) is 0 Å². The third-order valence-corrected chi connectivity index (χ3v) is 2.65. The molecule has 3 heterocycles. The third kappa shape index (κ3) is 2.03. The van der Waals surface area contributed by atoms with Crippen LogP contribution in [-0.4, -0.2) is 19.6 Å². The summed E-state index contributed by atoms with van der Waals surface area (Å²) in [6, 6.07) is 5.67. The van der Waals surface area contributed by atoms with Crippen LogP contribution in [0.3, 0.4) is 0 Å². The molecule has 0 aromatic carbocycles. The maximum atomic E-state index is 12.7. The van der Waals surface area contributed by atoms with E-state index in [4.69, 9.17) is 0 Å². The molecule has 0 spiro atoms. The Labute approximate surface area is 105 Å². The van der Waals surface area contributed by atoms with Crippen LogP contribution in [-0.2, 0) is 6.18 Å². The summed E-state index contributed by atoms with van der Waals surface area (Å²) in [6.45, 7) is 0. The normalized spacial score (nSPS) is 11.9. The van der Waals surface area contributed by atoms with Crippen LogP contribution in [0, 0.1) is 0 Å². The van der Waals surface area contributed by atoms with Gasteiger partial charge >= 0.3 is 6.18 Å². The van der Waals surface area contributed by atoms with E-state index in [0.717, 1.165) is 12.3 Å². The van der Waals surface area contributed by atoms with Crippen molar-refractivity contribution in [2.75, 3.05) is 0 Å². The number of nitrogens with zero attached hydrogens (tertiary/aromatic N) is 4. The van der Waals surface area contributed by atoms with Gasteiger partial charge in [-0.3, -0.25) is 9.38 Å². The summed E-state index contributed by atoms with van der Waals surface area (Å²) in [7, 11) is 0. The maximum absolute atomic E-state index is 12.7. The van der Waals surface area contributed by atoms with Crippen LogP contribution in [0.1, 0.15) is 5.56 Å². The van der Waals surface area contributed by atoms with Crippen LogP contribution in [0.2, 0.25) is 0 Å². The van der Waals surface area contributed by atoms with E-state index in [1.807, 2.05) is 0 Å². The summed E-state index contributed by atoms with van der Waals surface area (Å²) in [5, 5.41) is 7.73. The summed E-state index contributed by atoms with van der Waals surface area (Å²) in [6.07, 6.45) is -0.313. The van der Waals surface area contributed by atoms with Crippen LogP contribution in [0.15, 0.2) is 42.9 Å². The number of fused-ring (bicyclic) bond motifs is 1. The molecule has 3 aromatic rings. The number of pyridine rings is 2. The Hall–Kier alpha value is -2.44. The van der Waals surface area contributed by atoms with Crippen molar-refractivity contribution in [3.8, 4) is 11.4 Å². The van der Waals surface area contributed by atoms with Crippen molar-refractivity contribution in [3.05, 3.63) is 48.4 Å². The summed E-state index contributed by atoms with van der Waals surface area (Å²) in [4.78, 5) is 3.92. The Balaban J connectivity index is 2.22. The zero-order valence-electron chi connectivity index (χ0n) is 9.46. The molecule has 3 aromatic heterocycles. The molecule has 0 radical (unpaired) electrons. The zero-order valence-corrected chi connectivity index (χ0v) is 9.46. The molecular weight excluding hydrogens is 257 g/mol. The molecule has 96 valence electrons. The van der Waals surface area contributed by atoms with Crippen molar-refractivity contribution in [2.24, 2.45) is 0 Å². The lowest BCUT2D eigenvalue weighted by molar-refractivity contribution is -0.137. The molecule has 0 aliphatic rings. The average molecular weight is 264 g/mol. The van der Waals surface area contributed by atoms with Crippen LogP contribution in [0.5, 0.6) is 0 Å². The molecule has 0 unspecified atom stereocenters. The molecule has 0 bridgehead atoms.